The van der Waals surface area contributed by atoms with Crippen molar-refractivity contribution in [3.05, 3.63) is 119 Å². The molecule has 42 heavy (non-hydrogen) atoms. The Morgan fingerprint density at radius 3 is 2.36 bits per heavy atom. The largest absolute Gasteiger partial charge is 0.456 e. The van der Waals surface area contributed by atoms with Crippen LogP contribution in [-0.2, 0) is 4.79 Å². The predicted molar refractivity (Wildman–Crippen MR) is 159 cm³/mol. The molecule has 1 saturated heterocycles. The lowest BCUT2D eigenvalue weighted by Gasteiger charge is -2.35. The molecule has 1 N–H and O–H groups in total. The van der Waals surface area contributed by atoms with E-state index < -0.39 is 4.92 Å². The molecule has 0 radical (unpaired) electrons. The number of nitro groups is 1. The molecule has 210 valence electrons. The van der Waals surface area contributed by atoms with Crippen molar-refractivity contribution in [2.75, 3.05) is 36.4 Å². The Kier molecular flexibility index (Phi) is 7.25. The van der Waals surface area contributed by atoms with Crippen LogP contribution in [0.5, 0.6) is 0 Å². The van der Waals surface area contributed by atoms with E-state index in [9.17, 15) is 19.7 Å². The first-order valence-electron chi connectivity index (χ1n) is 13.4. The summed E-state index contributed by atoms with van der Waals surface area (Å²) in [7, 11) is 0. The number of furan rings is 2. The first kappa shape index (κ1) is 26.6. The zero-order chi connectivity index (χ0) is 29.1. The van der Waals surface area contributed by atoms with E-state index in [1.54, 1.807) is 41.3 Å². The molecule has 10 heteroatoms. The van der Waals surface area contributed by atoms with E-state index in [-0.39, 0.29) is 17.5 Å². The van der Waals surface area contributed by atoms with Crippen LogP contribution in [0, 0.1) is 10.1 Å². The number of anilines is 2. The maximum atomic E-state index is 12.9. The lowest BCUT2D eigenvalue weighted by atomic mass is 10.1. The van der Waals surface area contributed by atoms with Gasteiger partial charge in [0.25, 0.3) is 11.6 Å². The van der Waals surface area contributed by atoms with Crippen molar-refractivity contribution < 1.29 is 23.3 Å². The summed E-state index contributed by atoms with van der Waals surface area (Å²) in [6.45, 7) is 2.51. The molecule has 10 nitrogen and oxygen atoms in total. The quantitative estimate of drug-likeness (QED) is 0.142. The number of benzene rings is 3. The van der Waals surface area contributed by atoms with Crippen LogP contribution in [-0.4, -0.2) is 47.8 Å². The summed E-state index contributed by atoms with van der Waals surface area (Å²) in [5, 5.41) is 15.0. The van der Waals surface area contributed by atoms with Crippen molar-refractivity contribution in [3.63, 3.8) is 0 Å². The van der Waals surface area contributed by atoms with E-state index in [2.05, 4.69) is 10.2 Å². The molecular weight excluding hydrogens is 536 g/mol. The monoisotopic (exact) mass is 562 g/mol. The third kappa shape index (κ3) is 5.64. The number of fused-ring (bicyclic) bond motifs is 1. The Morgan fingerprint density at radius 2 is 1.60 bits per heavy atom. The van der Waals surface area contributed by atoms with Gasteiger partial charge in [-0.15, -0.1) is 0 Å². The standard InChI is InChI=1S/C32H26N4O6/c37-31(16-14-25-13-15-29(41-25)26-6-2-3-7-27(26)36(39)40)33-23-9-11-24(12-10-23)34-17-19-35(20-18-34)32(38)30-21-22-5-1-4-8-28(22)42-30/h1-16,21H,17-20H2,(H,33,37)/b16-14+. The SMILES string of the molecule is O=C(/C=C/c1ccc(-c2ccccc2[N+](=O)[O-])o1)Nc1ccc(N2CCN(C(=O)c3cc4ccccc4o3)CC2)cc1. The third-order valence-corrected chi connectivity index (χ3v) is 7.10. The molecule has 1 fully saturated rings. The van der Waals surface area contributed by atoms with Crippen LogP contribution in [0.3, 0.4) is 0 Å². The molecular formula is C32H26N4O6. The minimum Gasteiger partial charge on any atom is -0.456 e. The maximum absolute atomic E-state index is 12.9. The highest BCUT2D eigenvalue weighted by Gasteiger charge is 2.25. The van der Waals surface area contributed by atoms with E-state index in [4.69, 9.17) is 8.83 Å². The second-order valence-corrected chi connectivity index (χ2v) is 9.77. The van der Waals surface area contributed by atoms with Crippen LogP contribution >= 0.6 is 0 Å². The number of nitro benzene ring substituents is 1. The van der Waals surface area contributed by atoms with Gasteiger partial charge in [-0.25, -0.2) is 0 Å². The average molecular weight is 563 g/mol. The van der Waals surface area contributed by atoms with E-state index >= 15 is 0 Å². The molecule has 0 spiro atoms. The number of para-hydroxylation sites is 2. The van der Waals surface area contributed by atoms with E-state index in [1.165, 1.54) is 18.2 Å². The number of amides is 2. The van der Waals surface area contributed by atoms with Crippen LogP contribution in [0.1, 0.15) is 16.3 Å². The summed E-state index contributed by atoms with van der Waals surface area (Å²) < 4.78 is 11.4. The van der Waals surface area contributed by atoms with Crippen LogP contribution in [0.25, 0.3) is 28.4 Å². The molecule has 2 aromatic heterocycles. The second kappa shape index (κ2) is 11.5. The van der Waals surface area contributed by atoms with Gasteiger partial charge in [-0.2, -0.15) is 0 Å². The molecule has 0 bridgehead atoms. The number of carbonyl (C=O) groups is 2. The van der Waals surface area contributed by atoms with Crippen molar-refractivity contribution in [2.24, 2.45) is 0 Å². The van der Waals surface area contributed by atoms with Crippen LogP contribution in [0.2, 0.25) is 0 Å². The number of rotatable bonds is 7. The average Bonchev–Trinajstić information content (AvgIpc) is 3.68. The Hall–Kier alpha value is -5.64. The molecule has 0 saturated carbocycles. The highest BCUT2D eigenvalue weighted by molar-refractivity contribution is 6.02. The zero-order valence-electron chi connectivity index (χ0n) is 22.4. The molecule has 1 aliphatic heterocycles. The third-order valence-electron chi connectivity index (χ3n) is 7.10. The summed E-state index contributed by atoms with van der Waals surface area (Å²) >= 11 is 0. The molecule has 3 heterocycles. The van der Waals surface area contributed by atoms with Gasteiger partial charge in [-0.3, -0.25) is 19.7 Å². The maximum Gasteiger partial charge on any atom is 0.289 e. The van der Waals surface area contributed by atoms with Gasteiger partial charge < -0.3 is 24.0 Å². The summed E-state index contributed by atoms with van der Waals surface area (Å²) in [6, 6.07) is 26.5. The van der Waals surface area contributed by atoms with Crippen molar-refractivity contribution in [1.29, 1.82) is 0 Å². The number of nitrogens with zero attached hydrogens (tertiary/aromatic N) is 3. The number of piperazine rings is 1. The van der Waals surface area contributed by atoms with Crippen molar-refractivity contribution in [3.8, 4) is 11.3 Å². The molecule has 3 aromatic carbocycles. The normalized spacial score (nSPS) is 13.5. The number of carbonyl (C=O) groups excluding carboxylic acids is 2. The molecule has 1 aliphatic rings. The van der Waals surface area contributed by atoms with Gasteiger partial charge in [0.15, 0.2) is 5.76 Å². The Balaban J connectivity index is 1.02. The van der Waals surface area contributed by atoms with E-state index in [0.29, 0.717) is 60.3 Å². The van der Waals surface area contributed by atoms with Crippen LogP contribution in [0.4, 0.5) is 17.1 Å². The van der Waals surface area contributed by atoms with Gasteiger partial charge in [0.05, 0.1) is 10.5 Å². The fourth-order valence-electron chi connectivity index (χ4n) is 4.94. The van der Waals surface area contributed by atoms with Gasteiger partial charge in [0, 0.05) is 55.1 Å². The first-order chi connectivity index (χ1) is 20.4. The molecule has 0 atom stereocenters. The molecule has 5 aromatic rings. The topological polar surface area (TPSA) is 122 Å². The molecule has 2 amide bonds. The van der Waals surface area contributed by atoms with Crippen molar-refractivity contribution in [2.45, 2.75) is 0 Å². The highest BCUT2D eigenvalue weighted by atomic mass is 16.6. The summed E-state index contributed by atoms with van der Waals surface area (Å²) in [5.41, 5.74) is 2.64. The van der Waals surface area contributed by atoms with Gasteiger partial charge >= 0.3 is 0 Å². The van der Waals surface area contributed by atoms with Crippen LogP contribution < -0.4 is 10.2 Å². The van der Waals surface area contributed by atoms with Gasteiger partial charge in [-0.1, -0.05) is 30.3 Å². The first-order valence-corrected chi connectivity index (χ1v) is 13.4. The van der Waals surface area contributed by atoms with E-state index in [0.717, 1.165) is 11.1 Å². The van der Waals surface area contributed by atoms with E-state index in [1.807, 2.05) is 48.5 Å². The fourth-order valence-corrected chi connectivity index (χ4v) is 4.94. The van der Waals surface area contributed by atoms with Crippen molar-refractivity contribution >= 4 is 45.9 Å². The number of hydrogen-bond donors (Lipinski definition) is 1. The molecule has 0 unspecified atom stereocenters. The predicted octanol–water partition coefficient (Wildman–Crippen LogP) is 6.22. The van der Waals surface area contributed by atoms with Gasteiger partial charge in [0.2, 0.25) is 5.91 Å². The summed E-state index contributed by atoms with van der Waals surface area (Å²) in [5.74, 6) is 0.643. The van der Waals surface area contributed by atoms with Gasteiger partial charge in [0.1, 0.15) is 17.1 Å². The smallest absolute Gasteiger partial charge is 0.289 e. The highest BCUT2D eigenvalue weighted by Crippen LogP contribution is 2.31. The molecule has 6 rings (SSSR count). The lowest BCUT2D eigenvalue weighted by molar-refractivity contribution is -0.384. The number of nitrogens with one attached hydrogen (secondary N) is 1. The Bertz CT molecular complexity index is 1760. The van der Waals surface area contributed by atoms with Crippen molar-refractivity contribution in [1.82, 2.24) is 4.90 Å². The second-order valence-electron chi connectivity index (χ2n) is 9.77. The Morgan fingerprint density at radius 1 is 0.857 bits per heavy atom. The minimum atomic E-state index is -0.461. The number of hydrogen-bond acceptors (Lipinski definition) is 7. The summed E-state index contributed by atoms with van der Waals surface area (Å²) in [4.78, 5) is 40.3. The Labute approximate surface area is 240 Å². The van der Waals surface area contributed by atoms with Gasteiger partial charge in [-0.05, 0) is 60.7 Å². The molecule has 0 aliphatic carbocycles. The summed E-state index contributed by atoms with van der Waals surface area (Å²) in [6.07, 6.45) is 2.85. The fraction of sp³-hybridized carbons (Fsp3) is 0.125. The lowest BCUT2D eigenvalue weighted by Crippen LogP contribution is -2.48. The minimum absolute atomic E-state index is 0.0541. The zero-order valence-corrected chi connectivity index (χ0v) is 22.4. The van der Waals surface area contributed by atoms with Crippen LogP contribution in [0.15, 0.2) is 106 Å².